The van der Waals surface area contributed by atoms with Crippen molar-refractivity contribution in [3.8, 4) is 0 Å². The molecule has 2 aliphatic heterocycles. The van der Waals surface area contributed by atoms with E-state index in [4.69, 9.17) is 0 Å². The average Bonchev–Trinajstić information content (AvgIpc) is 3.32. The van der Waals surface area contributed by atoms with E-state index in [1.165, 1.54) is 49.9 Å². The molecule has 0 bridgehead atoms. The molecule has 0 radical (unpaired) electrons. The number of amides is 1. The standard InChI is InChI=1S/C23H32N4OS/c1-15-24-20(22(28)27-12-11-26-10-4-5-17(26)14-27)18-13-19(29-21(18)25-15)16-6-8-23(2,3)9-7-16/h13,16-17H,4-12,14H2,1-3H3/t17-/m0/s1. The molecule has 2 aromatic heterocycles. The van der Waals surface area contributed by atoms with E-state index in [-0.39, 0.29) is 5.91 Å². The highest BCUT2D eigenvalue weighted by molar-refractivity contribution is 7.18. The molecule has 1 aliphatic carbocycles. The van der Waals surface area contributed by atoms with Gasteiger partial charge in [0.1, 0.15) is 16.3 Å². The summed E-state index contributed by atoms with van der Waals surface area (Å²) in [6.07, 6.45) is 7.48. The van der Waals surface area contributed by atoms with Gasteiger partial charge in [0.2, 0.25) is 0 Å². The average molecular weight is 413 g/mol. The predicted molar refractivity (Wildman–Crippen MR) is 118 cm³/mol. The lowest BCUT2D eigenvalue weighted by Gasteiger charge is -2.37. The number of piperazine rings is 1. The molecule has 0 spiro atoms. The molecule has 1 amide bonds. The number of aromatic nitrogens is 2. The van der Waals surface area contributed by atoms with Gasteiger partial charge in [-0.2, -0.15) is 0 Å². The number of rotatable bonds is 2. The van der Waals surface area contributed by atoms with Crippen molar-refractivity contribution >= 4 is 27.5 Å². The van der Waals surface area contributed by atoms with Crippen molar-refractivity contribution in [2.75, 3.05) is 26.2 Å². The van der Waals surface area contributed by atoms with Gasteiger partial charge in [-0.05, 0) is 69.4 Å². The van der Waals surface area contributed by atoms with Gasteiger partial charge in [0.15, 0.2) is 0 Å². The molecule has 2 aromatic rings. The van der Waals surface area contributed by atoms with Gasteiger partial charge in [-0.25, -0.2) is 9.97 Å². The van der Waals surface area contributed by atoms with E-state index in [0.29, 0.717) is 28.9 Å². The number of nitrogens with zero attached hydrogens (tertiary/aromatic N) is 4. The minimum atomic E-state index is 0.0983. The lowest BCUT2D eigenvalue weighted by Crippen LogP contribution is -2.52. The minimum absolute atomic E-state index is 0.0983. The lowest BCUT2D eigenvalue weighted by atomic mass is 9.73. The predicted octanol–water partition coefficient (Wildman–Crippen LogP) is 4.60. The van der Waals surface area contributed by atoms with E-state index in [1.54, 1.807) is 11.3 Å². The first-order valence-corrected chi connectivity index (χ1v) is 12.0. The normalized spacial score (nSPS) is 25.5. The summed E-state index contributed by atoms with van der Waals surface area (Å²) < 4.78 is 0. The monoisotopic (exact) mass is 412 g/mol. The Morgan fingerprint density at radius 3 is 2.72 bits per heavy atom. The number of carbonyl (C=O) groups excluding carboxylic acids is 1. The fourth-order valence-electron chi connectivity index (χ4n) is 5.42. The molecule has 2 saturated heterocycles. The zero-order chi connectivity index (χ0) is 20.2. The summed E-state index contributed by atoms with van der Waals surface area (Å²) in [5.74, 6) is 1.41. The van der Waals surface area contributed by atoms with Crippen molar-refractivity contribution in [2.24, 2.45) is 5.41 Å². The third-order valence-electron chi connectivity index (χ3n) is 7.34. The summed E-state index contributed by atoms with van der Waals surface area (Å²) in [4.78, 5) is 29.7. The molecule has 3 fully saturated rings. The van der Waals surface area contributed by atoms with Gasteiger partial charge in [-0.1, -0.05) is 13.8 Å². The van der Waals surface area contributed by atoms with Gasteiger partial charge in [-0.15, -0.1) is 11.3 Å². The second-order valence-corrected chi connectivity index (χ2v) is 11.1. The van der Waals surface area contributed by atoms with Crippen LogP contribution < -0.4 is 0 Å². The second kappa shape index (κ2) is 7.31. The van der Waals surface area contributed by atoms with Crippen molar-refractivity contribution in [1.29, 1.82) is 0 Å². The molecule has 1 saturated carbocycles. The van der Waals surface area contributed by atoms with Crippen LogP contribution in [0.3, 0.4) is 0 Å². The van der Waals surface area contributed by atoms with E-state index >= 15 is 0 Å². The topological polar surface area (TPSA) is 49.3 Å². The van der Waals surface area contributed by atoms with Crippen LogP contribution in [0.4, 0.5) is 0 Å². The molecule has 4 heterocycles. The van der Waals surface area contributed by atoms with Crippen LogP contribution in [0.15, 0.2) is 6.07 Å². The van der Waals surface area contributed by atoms with Crippen LogP contribution in [0, 0.1) is 12.3 Å². The van der Waals surface area contributed by atoms with Crippen LogP contribution in [0.25, 0.3) is 10.2 Å². The molecule has 6 heteroatoms. The summed E-state index contributed by atoms with van der Waals surface area (Å²) in [7, 11) is 0. The van der Waals surface area contributed by atoms with Crippen molar-refractivity contribution in [2.45, 2.75) is 71.3 Å². The maximum atomic E-state index is 13.4. The summed E-state index contributed by atoms with van der Waals surface area (Å²) in [5.41, 5.74) is 1.09. The van der Waals surface area contributed by atoms with Crippen molar-refractivity contribution in [1.82, 2.24) is 19.8 Å². The number of hydrogen-bond donors (Lipinski definition) is 0. The van der Waals surface area contributed by atoms with Crippen LogP contribution in [-0.4, -0.2) is 57.9 Å². The third-order valence-corrected chi connectivity index (χ3v) is 8.53. The van der Waals surface area contributed by atoms with Crippen molar-refractivity contribution in [3.05, 3.63) is 22.5 Å². The van der Waals surface area contributed by atoms with Gasteiger partial charge in [0.05, 0.1) is 0 Å². The third kappa shape index (κ3) is 3.70. The first kappa shape index (κ1) is 19.4. The number of carbonyl (C=O) groups is 1. The summed E-state index contributed by atoms with van der Waals surface area (Å²) in [6, 6.07) is 2.77. The molecule has 5 rings (SSSR count). The fraction of sp³-hybridized carbons (Fsp3) is 0.696. The summed E-state index contributed by atoms with van der Waals surface area (Å²) >= 11 is 1.78. The van der Waals surface area contributed by atoms with Crippen molar-refractivity contribution in [3.63, 3.8) is 0 Å². The smallest absolute Gasteiger partial charge is 0.273 e. The molecule has 1 atom stereocenters. The fourth-order valence-corrected chi connectivity index (χ4v) is 6.67. The molecule has 3 aliphatic rings. The Morgan fingerprint density at radius 2 is 1.93 bits per heavy atom. The Kier molecular flexibility index (Phi) is 4.90. The van der Waals surface area contributed by atoms with Crippen LogP contribution in [0.1, 0.15) is 79.5 Å². The van der Waals surface area contributed by atoms with Crippen LogP contribution >= 0.6 is 11.3 Å². The maximum Gasteiger partial charge on any atom is 0.273 e. The van der Waals surface area contributed by atoms with E-state index < -0.39 is 0 Å². The van der Waals surface area contributed by atoms with Crippen molar-refractivity contribution < 1.29 is 4.79 Å². The van der Waals surface area contributed by atoms with E-state index in [1.807, 2.05) is 11.8 Å². The molecule has 156 valence electrons. The van der Waals surface area contributed by atoms with Crippen LogP contribution in [0.2, 0.25) is 0 Å². The molecule has 0 N–H and O–H groups in total. The Bertz CT molecular complexity index is 926. The molecule has 29 heavy (non-hydrogen) atoms. The Hall–Kier alpha value is -1.53. The van der Waals surface area contributed by atoms with Gasteiger partial charge < -0.3 is 4.90 Å². The van der Waals surface area contributed by atoms with Gasteiger partial charge >= 0.3 is 0 Å². The SMILES string of the molecule is Cc1nc(C(=O)N2CCN3CCC[C@H]3C2)c2cc(C3CCC(C)(C)CC3)sc2n1. The number of fused-ring (bicyclic) bond motifs is 2. The highest BCUT2D eigenvalue weighted by Gasteiger charge is 2.34. The van der Waals surface area contributed by atoms with E-state index in [0.717, 1.165) is 29.9 Å². The second-order valence-electron chi connectivity index (χ2n) is 10.0. The molecular formula is C23H32N4OS. The molecular weight excluding hydrogens is 380 g/mol. The first-order valence-electron chi connectivity index (χ1n) is 11.2. The zero-order valence-electron chi connectivity index (χ0n) is 17.9. The Morgan fingerprint density at radius 1 is 1.14 bits per heavy atom. The largest absolute Gasteiger partial charge is 0.334 e. The van der Waals surface area contributed by atoms with Gasteiger partial charge in [0, 0.05) is 35.9 Å². The van der Waals surface area contributed by atoms with E-state index in [9.17, 15) is 4.79 Å². The Labute approximate surface area is 177 Å². The van der Waals surface area contributed by atoms with Crippen LogP contribution in [-0.2, 0) is 0 Å². The van der Waals surface area contributed by atoms with E-state index in [2.05, 4.69) is 34.8 Å². The molecule has 0 unspecified atom stereocenters. The van der Waals surface area contributed by atoms with Crippen LogP contribution in [0.5, 0.6) is 0 Å². The Balaban J connectivity index is 1.43. The number of thiophene rings is 1. The van der Waals surface area contributed by atoms with Gasteiger partial charge in [-0.3, -0.25) is 9.69 Å². The maximum absolute atomic E-state index is 13.4. The quantitative estimate of drug-likeness (QED) is 0.723. The van der Waals surface area contributed by atoms with Gasteiger partial charge in [0.25, 0.3) is 5.91 Å². The summed E-state index contributed by atoms with van der Waals surface area (Å²) in [5, 5.41) is 0.972. The lowest BCUT2D eigenvalue weighted by molar-refractivity contribution is 0.0567. The minimum Gasteiger partial charge on any atom is -0.334 e. The highest BCUT2D eigenvalue weighted by atomic mass is 32.1. The zero-order valence-corrected chi connectivity index (χ0v) is 18.7. The molecule has 0 aromatic carbocycles. The first-order chi connectivity index (χ1) is 13.9. The molecule has 5 nitrogen and oxygen atoms in total. The summed E-state index contributed by atoms with van der Waals surface area (Å²) in [6.45, 7) is 10.5. The number of hydrogen-bond acceptors (Lipinski definition) is 5. The highest BCUT2D eigenvalue weighted by Crippen LogP contribution is 2.45. The number of aryl methyl sites for hydroxylation is 1.